The van der Waals surface area contributed by atoms with E-state index >= 15 is 0 Å². The van der Waals surface area contributed by atoms with E-state index in [2.05, 4.69) is 24.8 Å². The van der Waals surface area contributed by atoms with Gasteiger partial charge in [0, 0.05) is 19.6 Å². The maximum absolute atomic E-state index is 5.93. The molecule has 1 aliphatic heterocycles. The van der Waals surface area contributed by atoms with Crippen LogP contribution in [0.3, 0.4) is 0 Å². The van der Waals surface area contributed by atoms with E-state index in [0.717, 1.165) is 18.0 Å². The fourth-order valence-electron chi connectivity index (χ4n) is 2.85. The van der Waals surface area contributed by atoms with Crippen LogP contribution in [0.5, 0.6) is 5.75 Å². The molecule has 3 heteroatoms. The Morgan fingerprint density at radius 3 is 2.44 bits per heavy atom. The van der Waals surface area contributed by atoms with Crippen LogP contribution in [-0.4, -0.2) is 25.1 Å². The summed E-state index contributed by atoms with van der Waals surface area (Å²) in [5.41, 5.74) is 8.50. The van der Waals surface area contributed by atoms with E-state index in [1.54, 1.807) is 7.11 Å². The standard InChI is InChI=1S/C15H24N2O/c1-4-15(5-2)10-17(11-15)9-12-6-7-14(18-3)13(16)8-12/h6-8H,4-5,9-11,16H2,1-3H3. The van der Waals surface area contributed by atoms with Gasteiger partial charge in [-0.15, -0.1) is 0 Å². The summed E-state index contributed by atoms with van der Waals surface area (Å²) in [5.74, 6) is 0.763. The number of nitrogen functional groups attached to an aromatic ring is 1. The number of rotatable bonds is 5. The van der Waals surface area contributed by atoms with Gasteiger partial charge in [-0.2, -0.15) is 0 Å². The Morgan fingerprint density at radius 2 is 1.94 bits per heavy atom. The molecule has 3 nitrogen and oxygen atoms in total. The summed E-state index contributed by atoms with van der Waals surface area (Å²) in [4.78, 5) is 2.49. The van der Waals surface area contributed by atoms with Crippen molar-refractivity contribution in [2.75, 3.05) is 25.9 Å². The molecule has 1 aromatic carbocycles. The molecule has 0 amide bonds. The summed E-state index contributed by atoms with van der Waals surface area (Å²) >= 11 is 0. The summed E-state index contributed by atoms with van der Waals surface area (Å²) in [5, 5.41) is 0. The minimum atomic E-state index is 0.567. The molecular formula is C15H24N2O. The number of hydrogen-bond donors (Lipinski definition) is 1. The van der Waals surface area contributed by atoms with Gasteiger partial charge in [0.15, 0.2) is 0 Å². The van der Waals surface area contributed by atoms with E-state index < -0.39 is 0 Å². The smallest absolute Gasteiger partial charge is 0.141 e. The van der Waals surface area contributed by atoms with Gasteiger partial charge in [0.05, 0.1) is 12.8 Å². The molecule has 0 saturated carbocycles. The van der Waals surface area contributed by atoms with Gasteiger partial charge >= 0.3 is 0 Å². The number of likely N-dealkylation sites (tertiary alicyclic amines) is 1. The molecule has 1 aromatic rings. The number of methoxy groups -OCH3 is 1. The van der Waals surface area contributed by atoms with Crippen molar-refractivity contribution in [3.05, 3.63) is 23.8 Å². The fraction of sp³-hybridized carbons (Fsp3) is 0.600. The largest absolute Gasteiger partial charge is 0.495 e. The quantitative estimate of drug-likeness (QED) is 0.814. The molecule has 1 heterocycles. The first-order chi connectivity index (χ1) is 8.62. The molecule has 0 radical (unpaired) electrons. The van der Waals surface area contributed by atoms with Crippen LogP contribution in [0.1, 0.15) is 32.3 Å². The number of anilines is 1. The molecular weight excluding hydrogens is 224 g/mol. The molecule has 1 aliphatic rings. The lowest BCUT2D eigenvalue weighted by Crippen LogP contribution is -2.54. The lowest BCUT2D eigenvalue weighted by molar-refractivity contribution is -0.0120. The van der Waals surface area contributed by atoms with Crippen molar-refractivity contribution in [3.63, 3.8) is 0 Å². The maximum atomic E-state index is 5.93. The van der Waals surface area contributed by atoms with Gasteiger partial charge in [0.1, 0.15) is 5.75 Å². The predicted molar refractivity (Wildman–Crippen MR) is 75.7 cm³/mol. The molecule has 100 valence electrons. The zero-order chi connectivity index (χ0) is 13.2. The molecule has 0 aromatic heterocycles. The highest BCUT2D eigenvalue weighted by atomic mass is 16.5. The zero-order valence-corrected chi connectivity index (χ0v) is 11.7. The third-order valence-corrected chi connectivity index (χ3v) is 4.32. The van der Waals surface area contributed by atoms with Crippen molar-refractivity contribution >= 4 is 5.69 Å². The van der Waals surface area contributed by atoms with E-state index in [4.69, 9.17) is 10.5 Å². The minimum Gasteiger partial charge on any atom is -0.495 e. The first-order valence-electron chi connectivity index (χ1n) is 6.77. The lowest BCUT2D eigenvalue weighted by Gasteiger charge is -2.50. The van der Waals surface area contributed by atoms with Crippen molar-refractivity contribution in [2.45, 2.75) is 33.2 Å². The highest BCUT2D eigenvalue weighted by Crippen LogP contribution is 2.38. The number of ether oxygens (including phenoxy) is 1. The molecule has 1 fully saturated rings. The van der Waals surface area contributed by atoms with E-state index in [9.17, 15) is 0 Å². The Labute approximate surface area is 110 Å². The second kappa shape index (κ2) is 5.19. The second-order valence-corrected chi connectivity index (χ2v) is 5.43. The molecule has 0 aliphatic carbocycles. The molecule has 2 N–H and O–H groups in total. The average molecular weight is 248 g/mol. The van der Waals surface area contributed by atoms with Crippen molar-refractivity contribution in [1.82, 2.24) is 4.90 Å². The van der Waals surface area contributed by atoms with Crippen LogP contribution in [0.4, 0.5) is 5.69 Å². The number of nitrogens with two attached hydrogens (primary N) is 1. The monoisotopic (exact) mass is 248 g/mol. The van der Waals surface area contributed by atoms with Crippen molar-refractivity contribution in [3.8, 4) is 5.75 Å². The van der Waals surface area contributed by atoms with E-state index in [-0.39, 0.29) is 0 Å². The summed E-state index contributed by atoms with van der Waals surface area (Å²) in [7, 11) is 1.65. The first-order valence-corrected chi connectivity index (χ1v) is 6.77. The molecule has 18 heavy (non-hydrogen) atoms. The third kappa shape index (κ3) is 2.46. The van der Waals surface area contributed by atoms with Gasteiger partial charge in [-0.05, 0) is 36.0 Å². The first kappa shape index (κ1) is 13.2. The van der Waals surface area contributed by atoms with Crippen LogP contribution < -0.4 is 10.5 Å². The van der Waals surface area contributed by atoms with Crippen molar-refractivity contribution < 1.29 is 4.74 Å². The van der Waals surface area contributed by atoms with Crippen LogP contribution in [-0.2, 0) is 6.54 Å². The third-order valence-electron chi connectivity index (χ3n) is 4.32. The highest BCUT2D eigenvalue weighted by molar-refractivity contribution is 5.54. The Kier molecular flexibility index (Phi) is 3.81. The second-order valence-electron chi connectivity index (χ2n) is 5.43. The van der Waals surface area contributed by atoms with E-state index in [1.807, 2.05) is 12.1 Å². The fourth-order valence-corrected chi connectivity index (χ4v) is 2.85. The van der Waals surface area contributed by atoms with Gasteiger partial charge < -0.3 is 10.5 Å². The number of nitrogens with zero attached hydrogens (tertiary/aromatic N) is 1. The minimum absolute atomic E-state index is 0.567. The number of hydrogen-bond acceptors (Lipinski definition) is 3. The Hall–Kier alpha value is -1.22. The van der Waals surface area contributed by atoms with Gasteiger partial charge in [-0.1, -0.05) is 19.9 Å². The predicted octanol–water partition coefficient (Wildman–Crippen LogP) is 2.90. The number of benzene rings is 1. The normalized spacial score (nSPS) is 18.4. The van der Waals surface area contributed by atoms with Gasteiger partial charge in [0.25, 0.3) is 0 Å². The molecule has 0 spiro atoms. The lowest BCUT2D eigenvalue weighted by atomic mass is 9.75. The van der Waals surface area contributed by atoms with E-state index in [0.29, 0.717) is 5.41 Å². The summed E-state index contributed by atoms with van der Waals surface area (Å²) in [6.07, 6.45) is 2.56. The Morgan fingerprint density at radius 1 is 1.28 bits per heavy atom. The highest BCUT2D eigenvalue weighted by Gasteiger charge is 2.39. The molecule has 1 saturated heterocycles. The van der Waals surface area contributed by atoms with Crippen LogP contribution in [0.25, 0.3) is 0 Å². The maximum Gasteiger partial charge on any atom is 0.141 e. The summed E-state index contributed by atoms with van der Waals surface area (Å²) < 4.78 is 5.17. The van der Waals surface area contributed by atoms with Gasteiger partial charge in [-0.3, -0.25) is 4.90 Å². The zero-order valence-electron chi connectivity index (χ0n) is 11.7. The Bertz CT molecular complexity index is 405. The van der Waals surface area contributed by atoms with Crippen LogP contribution in [0, 0.1) is 5.41 Å². The topological polar surface area (TPSA) is 38.5 Å². The van der Waals surface area contributed by atoms with Crippen molar-refractivity contribution in [1.29, 1.82) is 0 Å². The average Bonchev–Trinajstić information content (AvgIpc) is 2.33. The molecule has 2 rings (SSSR count). The Balaban J connectivity index is 1.94. The van der Waals surface area contributed by atoms with E-state index in [1.165, 1.54) is 31.5 Å². The van der Waals surface area contributed by atoms with Crippen LogP contribution >= 0.6 is 0 Å². The molecule has 0 unspecified atom stereocenters. The van der Waals surface area contributed by atoms with Gasteiger partial charge in [-0.25, -0.2) is 0 Å². The van der Waals surface area contributed by atoms with Crippen molar-refractivity contribution in [2.24, 2.45) is 5.41 Å². The summed E-state index contributed by atoms with van der Waals surface area (Å²) in [6, 6.07) is 6.08. The van der Waals surface area contributed by atoms with Gasteiger partial charge in [0.2, 0.25) is 0 Å². The molecule has 0 bridgehead atoms. The van der Waals surface area contributed by atoms with Crippen LogP contribution in [0.2, 0.25) is 0 Å². The summed E-state index contributed by atoms with van der Waals surface area (Å²) in [6.45, 7) is 8.02. The van der Waals surface area contributed by atoms with Crippen LogP contribution in [0.15, 0.2) is 18.2 Å². The molecule has 0 atom stereocenters. The SMILES string of the molecule is CCC1(CC)CN(Cc2ccc(OC)c(N)c2)C1.